The van der Waals surface area contributed by atoms with Crippen LogP contribution in [0.3, 0.4) is 0 Å². The van der Waals surface area contributed by atoms with Crippen molar-refractivity contribution < 1.29 is 17.8 Å². The van der Waals surface area contributed by atoms with Gasteiger partial charge in [-0.2, -0.15) is 0 Å². The van der Waals surface area contributed by atoms with Gasteiger partial charge in [-0.05, 0) is 59.0 Å². The van der Waals surface area contributed by atoms with Gasteiger partial charge in [0.15, 0.2) is 16.6 Å². The molecule has 1 unspecified atom stereocenters. The first-order valence-corrected chi connectivity index (χ1v) is 19.7. The molecule has 0 rings (SSSR count). The van der Waals surface area contributed by atoms with Crippen molar-refractivity contribution in [1.29, 1.82) is 0 Å². The second-order valence-corrected chi connectivity index (χ2v) is 22.4. The lowest BCUT2D eigenvalue weighted by atomic mass is 11.8. The summed E-state index contributed by atoms with van der Waals surface area (Å²) < 4.78 is 21.6. The van der Waals surface area contributed by atoms with Crippen LogP contribution >= 0.6 is 8.13 Å². The summed E-state index contributed by atoms with van der Waals surface area (Å²) in [7, 11) is -3.49. The molecule has 0 aliphatic rings. The largest absolute Gasteiger partial charge is 0.437 e. The molecular formula is C11H37O4PSi4. The van der Waals surface area contributed by atoms with Crippen molar-refractivity contribution in [3.63, 3.8) is 0 Å². The second kappa shape index (κ2) is 13.6. The Bertz CT molecular complexity index is 209. The third kappa shape index (κ3) is 31.4. The fourth-order valence-corrected chi connectivity index (χ4v) is 13.8. The molecule has 0 fully saturated rings. The molecular weight excluding hydrogens is 339 g/mol. The summed E-state index contributed by atoms with van der Waals surface area (Å²) >= 11 is 0. The van der Waals surface area contributed by atoms with Crippen molar-refractivity contribution >= 4 is 42.4 Å². The van der Waals surface area contributed by atoms with Crippen molar-refractivity contribution in [3.8, 4) is 0 Å². The monoisotopic (exact) mass is 376 g/mol. The van der Waals surface area contributed by atoms with E-state index in [1.807, 2.05) is 6.66 Å². The third-order valence-corrected chi connectivity index (χ3v) is 11.0. The SMILES string of the molecule is C.CO.CP[SiH]=O.C[Si](C)(C)O[Si](C)(C)O[Si](C)(C)C. The molecule has 0 aliphatic heterocycles. The lowest BCUT2D eigenvalue weighted by molar-refractivity contribution is 0.395. The maximum Gasteiger partial charge on any atom is 0.311 e. The van der Waals surface area contributed by atoms with Gasteiger partial charge < -0.3 is 17.8 Å². The van der Waals surface area contributed by atoms with Gasteiger partial charge >= 0.3 is 8.56 Å². The quantitative estimate of drug-likeness (QED) is 0.588. The summed E-state index contributed by atoms with van der Waals surface area (Å²) in [4.78, 5) is 0. The molecule has 1 N–H and O–H groups in total. The van der Waals surface area contributed by atoms with Crippen molar-refractivity contribution in [2.45, 2.75) is 59.8 Å². The number of aliphatic hydroxyl groups excluding tert-OH is 1. The molecule has 0 aromatic heterocycles. The molecule has 0 bridgehead atoms. The first kappa shape index (κ1) is 29.0. The van der Waals surface area contributed by atoms with Crippen LogP contribution in [0.4, 0.5) is 0 Å². The van der Waals surface area contributed by atoms with Crippen LogP contribution in [0.25, 0.3) is 0 Å². The highest BCUT2D eigenvalue weighted by molar-refractivity contribution is 7.67. The van der Waals surface area contributed by atoms with Gasteiger partial charge in [0, 0.05) is 7.11 Å². The number of hydrogen-bond donors (Lipinski definition) is 1. The molecule has 0 heterocycles. The Hall–Kier alpha value is 0.978. The van der Waals surface area contributed by atoms with E-state index < -0.39 is 34.3 Å². The Morgan fingerprint density at radius 3 is 1.15 bits per heavy atom. The predicted octanol–water partition coefficient (Wildman–Crippen LogP) is 3.63. The summed E-state index contributed by atoms with van der Waals surface area (Å²) in [5.41, 5.74) is 0. The topological polar surface area (TPSA) is 55.8 Å². The lowest BCUT2D eigenvalue weighted by Crippen LogP contribution is -2.50. The smallest absolute Gasteiger partial charge is 0.311 e. The normalized spacial score (nSPS) is 11.8. The van der Waals surface area contributed by atoms with Gasteiger partial charge in [0.05, 0.1) is 0 Å². The first-order chi connectivity index (χ1) is 8.33. The minimum atomic E-state index is -1.85. The van der Waals surface area contributed by atoms with Crippen molar-refractivity contribution in [2.24, 2.45) is 0 Å². The van der Waals surface area contributed by atoms with E-state index in [0.717, 1.165) is 7.11 Å². The van der Waals surface area contributed by atoms with E-state index in [2.05, 4.69) is 52.4 Å². The molecule has 0 aromatic carbocycles. The second-order valence-electron chi connectivity index (χ2n) is 6.24. The molecule has 9 heteroatoms. The zero-order valence-corrected chi connectivity index (χ0v) is 19.4. The van der Waals surface area contributed by atoms with Crippen LogP contribution in [0.5, 0.6) is 0 Å². The van der Waals surface area contributed by atoms with Gasteiger partial charge in [-0.15, -0.1) is 0 Å². The van der Waals surface area contributed by atoms with E-state index in [0.29, 0.717) is 8.13 Å². The van der Waals surface area contributed by atoms with Crippen LogP contribution < -0.4 is 0 Å². The van der Waals surface area contributed by atoms with Crippen LogP contribution in [-0.2, 0) is 12.7 Å². The maximum atomic E-state index is 9.39. The minimum absolute atomic E-state index is 0. The molecule has 1 atom stereocenters. The highest BCUT2D eigenvalue weighted by Gasteiger charge is 2.35. The Morgan fingerprint density at radius 2 is 1.05 bits per heavy atom. The molecule has 20 heavy (non-hydrogen) atoms. The van der Waals surface area contributed by atoms with Crippen molar-refractivity contribution in [1.82, 2.24) is 0 Å². The first-order valence-electron chi connectivity index (χ1n) is 6.29. The summed E-state index contributed by atoms with van der Waals surface area (Å²) in [5, 5.41) is 7.00. The van der Waals surface area contributed by atoms with Crippen LogP contribution in [0.1, 0.15) is 7.43 Å². The van der Waals surface area contributed by atoms with Gasteiger partial charge in [-0.25, -0.2) is 0 Å². The standard InChI is InChI=1S/C8H24O2Si3.CH5OPSi.CH4O.CH4/c1-11(2,3)9-13(7,8)10-12(4,5)6;1-3-4-2;1-2;/h1-8H3;3-4H,1H3;2H,1H3;1H4. The molecule has 0 saturated carbocycles. The van der Waals surface area contributed by atoms with Gasteiger partial charge in [-0.1, -0.05) is 15.6 Å². The summed E-state index contributed by atoms with van der Waals surface area (Å²) in [6, 6.07) is 0. The average molecular weight is 377 g/mol. The maximum absolute atomic E-state index is 9.39. The van der Waals surface area contributed by atoms with E-state index in [1.165, 1.54) is 0 Å². The summed E-state index contributed by atoms with van der Waals surface area (Å²) in [6.45, 7) is 19.6. The average Bonchev–Trinajstić information content (AvgIpc) is 2.13. The predicted molar refractivity (Wildman–Crippen MR) is 103 cm³/mol. The summed E-state index contributed by atoms with van der Waals surface area (Å²) in [5.74, 6) is 0. The Kier molecular flexibility index (Phi) is 19.8. The van der Waals surface area contributed by atoms with E-state index in [9.17, 15) is 4.46 Å². The van der Waals surface area contributed by atoms with E-state index >= 15 is 0 Å². The molecule has 0 aliphatic carbocycles. The molecule has 0 radical (unpaired) electrons. The van der Waals surface area contributed by atoms with Crippen molar-refractivity contribution in [3.05, 3.63) is 0 Å². The molecule has 0 saturated heterocycles. The molecule has 4 nitrogen and oxygen atoms in total. The number of hydrogen-bond acceptors (Lipinski definition) is 4. The van der Waals surface area contributed by atoms with Crippen LogP contribution in [0, 0.1) is 0 Å². The highest BCUT2D eigenvalue weighted by Crippen LogP contribution is 2.19. The fraction of sp³-hybridized carbons (Fsp3) is 1.00. The van der Waals surface area contributed by atoms with Crippen LogP contribution in [0.15, 0.2) is 0 Å². The molecule has 0 aromatic rings. The highest BCUT2D eigenvalue weighted by atomic mass is 31.3. The number of rotatable bonds is 5. The number of aliphatic hydroxyl groups is 1. The van der Waals surface area contributed by atoms with Crippen LogP contribution in [-0.4, -0.2) is 53.2 Å². The van der Waals surface area contributed by atoms with Gasteiger partial charge in [0.25, 0.3) is 9.07 Å². The van der Waals surface area contributed by atoms with Crippen LogP contribution in [0.2, 0.25) is 52.4 Å². The van der Waals surface area contributed by atoms with Gasteiger partial charge in [0.2, 0.25) is 0 Å². The Labute approximate surface area is 134 Å². The Balaban J connectivity index is -0.000000157. The third-order valence-electron chi connectivity index (χ3n) is 1.22. The summed E-state index contributed by atoms with van der Waals surface area (Å²) in [6.07, 6.45) is 0. The molecule has 0 amide bonds. The lowest BCUT2D eigenvalue weighted by Gasteiger charge is -2.35. The zero-order valence-electron chi connectivity index (χ0n) is 14.2. The zero-order chi connectivity index (χ0) is 16.3. The fourth-order valence-electron chi connectivity index (χ4n) is 1.50. The molecule has 0 spiro atoms. The minimum Gasteiger partial charge on any atom is -0.437 e. The van der Waals surface area contributed by atoms with Gasteiger partial charge in [-0.3, -0.25) is 0 Å². The molecule has 126 valence electrons. The van der Waals surface area contributed by atoms with E-state index in [1.54, 1.807) is 0 Å². The van der Waals surface area contributed by atoms with E-state index in [-0.39, 0.29) is 7.43 Å². The van der Waals surface area contributed by atoms with Crippen molar-refractivity contribution in [2.75, 3.05) is 13.8 Å². The Morgan fingerprint density at radius 1 is 0.850 bits per heavy atom. The van der Waals surface area contributed by atoms with E-state index in [4.69, 9.17) is 13.3 Å². The van der Waals surface area contributed by atoms with Gasteiger partial charge in [0.1, 0.15) is 0 Å².